The van der Waals surface area contributed by atoms with Crippen molar-refractivity contribution in [2.75, 3.05) is 21.3 Å². The van der Waals surface area contributed by atoms with Gasteiger partial charge in [0.15, 0.2) is 0 Å². The third-order valence-corrected chi connectivity index (χ3v) is 8.40. The van der Waals surface area contributed by atoms with Gasteiger partial charge in [0.05, 0.1) is 25.6 Å². The Labute approximate surface area is 186 Å². The zero-order valence-electron chi connectivity index (χ0n) is 18.8. The van der Waals surface area contributed by atoms with E-state index in [1.165, 1.54) is 0 Å². The van der Waals surface area contributed by atoms with Gasteiger partial charge in [-0.25, -0.2) is 8.42 Å². The molecular weight excluding hydrogens is 414 g/mol. The average molecular weight is 448 g/mol. The molecular formula is C24H33NO5S. The highest BCUT2D eigenvalue weighted by molar-refractivity contribution is 7.89. The summed E-state index contributed by atoms with van der Waals surface area (Å²) in [5, 5.41) is -0.626. The van der Waals surface area contributed by atoms with Gasteiger partial charge >= 0.3 is 0 Å². The molecule has 6 nitrogen and oxygen atoms in total. The molecule has 2 aromatic rings. The fraction of sp³-hybridized carbons (Fsp3) is 0.500. The van der Waals surface area contributed by atoms with E-state index in [0.717, 1.165) is 41.9 Å². The summed E-state index contributed by atoms with van der Waals surface area (Å²) in [5.41, 5.74) is 1.81. The van der Waals surface area contributed by atoms with Crippen molar-refractivity contribution in [3.8, 4) is 11.5 Å². The second-order valence-corrected chi connectivity index (χ2v) is 10.4. The number of hydrogen-bond acceptors (Lipinski definition) is 5. The average Bonchev–Trinajstić information content (AvgIpc) is 2.76. The predicted molar refractivity (Wildman–Crippen MR) is 122 cm³/mol. The van der Waals surface area contributed by atoms with E-state index in [4.69, 9.17) is 14.2 Å². The van der Waals surface area contributed by atoms with Gasteiger partial charge < -0.3 is 14.2 Å². The lowest BCUT2D eigenvalue weighted by Gasteiger charge is -2.37. The Kier molecular flexibility index (Phi) is 7.97. The molecule has 2 atom stereocenters. The number of rotatable bonds is 11. The zero-order chi connectivity index (χ0) is 22.4. The Morgan fingerprint density at radius 2 is 1.32 bits per heavy atom. The van der Waals surface area contributed by atoms with Gasteiger partial charge in [-0.2, -0.15) is 4.31 Å². The fourth-order valence-corrected chi connectivity index (χ4v) is 5.85. The zero-order valence-corrected chi connectivity index (χ0v) is 19.6. The second-order valence-electron chi connectivity index (χ2n) is 8.11. The predicted octanol–water partition coefficient (Wildman–Crippen LogP) is 4.24. The summed E-state index contributed by atoms with van der Waals surface area (Å²) < 4.78 is 45.1. The Balaban J connectivity index is 1.87. The normalized spacial score (nSPS) is 16.5. The summed E-state index contributed by atoms with van der Waals surface area (Å²) in [7, 11) is 1.23. The fourth-order valence-electron chi connectivity index (χ4n) is 4.05. The van der Waals surface area contributed by atoms with Gasteiger partial charge in [-0.3, -0.25) is 0 Å². The van der Waals surface area contributed by atoms with Crippen molar-refractivity contribution in [1.29, 1.82) is 0 Å². The molecule has 0 spiro atoms. The lowest BCUT2D eigenvalue weighted by atomic mass is 9.80. The van der Waals surface area contributed by atoms with E-state index in [2.05, 4.69) is 0 Å². The van der Waals surface area contributed by atoms with Crippen LogP contribution in [0.4, 0.5) is 0 Å². The first-order chi connectivity index (χ1) is 14.9. The first kappa shape index (κ1) is 23.6. The molecule has 0 bridgehead atoms. The van der Waals surface area contributed by atoms with Crippen LogP contribution >= 0.6 is 0 Å². The van der Waals surface area contributed by atoms with E-state index in [1.807, 2.05) is 48.5 Å². The minimum atomic E-state index is -3.62. The largest absolute Gasteiger partial charge is 0.497 e. The molecule has 1 fully saturated rings. The van der Waals surface area contributed by atoms with Gasteiger partial charge in [-0.1, -0.05) is 30.7 Å². The summed E-state index contributed by atoms with van der Waals surface area (Å²) in [4.78, 5) is 0. The van der Waals surface area contributed by atoms with Crippen molar-refractivity contribution in [2.24, 2.45) is 5.92 Å². The highest BCUT2D eigenvalue weighted by Crippen LogP contribution is 2.35. The third-order valence-electron chi connectivity index (χ3n) is 6.21. The van der Waals surface area contributed by atoms with Gasteiger partial charge in [0.2, 0.25) is 10.0 Å². The maximum atomic E-state index is 13.7. The van der Waals surface area contributed by atoms with Crippen molar-refractivity contribution >= 4 is 10.0 Å². The summed E-state index contributed by atoms with van der Waals surface area (Å²) in [6.07, 6.45) is 2.89. The summed E-state index contributed by atoms with van der Waals surface area (Å²) >= 11 is 0. The standard InChI is InChI=1S/C24H33NO5S/c1-18(24(30-4)21-6-5-7-21)31(26,27)25(16-19-8-12-22(28-2)13-9-19)17-20-10-14-23(29-3)15-11-20/h8-15,18,21,24H,5-7,16-17H2,1-4H3/t18-,24-/m0/s1. The summed E-state index contributed by atoms with van der Waals surface area (Å²) in [6, 6.07) is 15.0. The van der Waals surface area contributed by atoms with Crippen molar-refractivity contribution in [3.63, 3.8) is 0 Å². The summed E-state index contributed by atoms with van der Waals surface area (Å²) in [6.45, 7) is 2.34. The van der Waals surface area contributed by atoms with Crippen LogP contribution in [0, 0.1) is 5.92 Å². The van der Waals surface area contributed by atoms with Crippen LogP contribution in [-0.2, 0) is 27.8 Å². The summed E-state index contributed by atoms with van der Waals surface area (Å²) in [5.74, 6) is 1.79. The van der Waals surface area contributed by atoms with Gasteiger partial charge in [0.25, 0.3) is 0 Å². The Hall–Kier alpha value is -2.09. The molecule has 0 aromatic heterocycles. The minimum absolute atomic E-state index is 0.282. The van der Waals surface area contributed by atoms with E-state index in [1.54, 1.807) is 32.6 Å². The molecule has 1 saturated carbocycles. The number of sulfonamides is 1. The molecule has 0 radical (unpaired) electrons. The first-order valence-corrected chi connectivity index (χ1v) is 12.2. The van der Waals surface area contributed by atoms with Crippen LogP contribution in [0.1, 0.15) is 37.3 Å². The highest BCUT2D eigenvalue weighted by atomic mass is 32.2. The van der Waals surface area contributed by atoms with Crippen LogP contribution in [0.5, 0.6) is 11.5 Å². The molecule has 2 aromatic carbocycles. The molecule has 0 aliphatic heterocycles. The molecule has 0 N–H and O–H groups in total. The quantitative estimate of drug-likeness (QED) is 0.516. The van der Waals surface area contributed by atoms with Crippen LogP contribution < -0.4 is 9.47 Å². The van der Waals surface area contributed by atoms with Gasteiger partial charge in [0.1, 0.15) is 11.5 Å². The molecule has 0 heterocycles. The van der Waals surface area contributed by atoms with Crippen molar-refractivity contribution in [3.05, 3.63) is 59.7 Å². The Bertz CT molecular complexity index is 874. The smallest absolute Gasteiger partial charge is 0.219 e. The molecule has 170 valence electrons. The van der Waals surface area contributed by atoms with Crippen molar-refractivity contribution < 1.29 is 22.6 Å². The molecule has 3 rings (SSSR count). The number of methoxy groups -OCH3 is 3. The highest BCUT2D eigenvalue weighted by Gasteiger charge is 2.40. The van der Waals surface area contributed by atoms with Crippen molar-refractivity contribution in [1.82, 2.24) is 4.31 Å². The van der Waals surface area contributed by atoms with Crippen LogP contribution in [0.2, 0.25) is 0 Å². The second kappa shape index (κ2) is 10.5. The number of hydrogen-bond donors (Lipinski definition) is 0. The van der Waals surface area contributed by atoms with Gasteiger partial charge in [0, 0.05) is 20.2 Å². The maximum Gasteiger partial charge on any atom is 0.219 e. The molecule has 0 unspecified atom stereocenters. The van der Waals surface area contributed by atoms with Crippen LogP contribution in [0.3, 0.4) is 0 Å². The van der Waals surface area contributed by atoms with E-state index in [0.29, 0.717) is 5.92 Å². The minimum Gasteiger partial charge on any atom is -0.497 e. The first-order valence-electron chi connectivity index (χ1n) is 10.7. The molecule has 0 saturated heterocycles. The van der Waals surface area contributed by atoms with Crippen LogP contribution in [0.25, 0.3) is 0 Å². The lowest BCUT2D eigenvalue weighted by molar-refractivity contribution is 0.0182. The van der Waals surface area contributed by atoms with Crippen LogP contribution in [0.15, 0.2) is 48.5 Å². The SMILES string of the molecule is COc1ccc(CN(Cc2ccc(OC)cc2)S(=O)(=O)[C@@H](C)[C@H](OC)C2CCC2)cc1. The molecule has 1 aliphatic rings. The lowest BCUT2D eigenvalue weighted by Crippen LogP contribution is -2.47. The van der Waals surface area contributed by atoms with Gasteiger partial charge in [-0.15, -0.1) is 0 Å². The Morgan fingerprint density at radius 3 is 1.65 bits per heavy atom. The maximum absolute atomic E-state index is 13.7. The van der Waals surface area contributed by atoms with Crippen LogP contribution in [-0.4, -0.2) is 45.4 Å². The number of nitrogens with zero attached hydrogens (tertiary/aromatic N) is 1. The Morgan fingerprint density at radius 1 is 0.871 bits per heavy atom. The van der Waals surface area contributed by atoms with E-state index in [-0.39, 0.29) is 19.2 Å². The molecule has 0 amide bonds. The number of ether oxygens (including phenoxy) is 3. The topological polar surface area (TPSA) is 65.1 Å². The third kappa shape index (κ3) is 5.59. The molecule has 31 heavy (non-hydrogen) atoms. The van der Waals surface area contributed by atoms with E-state index < -0.39 is 15.3 Å². The van der Waals surface area contributed by atoms with Gasteiger partial charge in [-0.05, 0) is 61.1 Å². The van der Waals surface area contributed by atoms with Crippen molar-refractivity contribution in [2.45, 2.75) is 50.6 Å². The van der Waals surface area contributed by atoms with E-state index in [9.17, 15) is 8.42 Å². The van der Waals surface area contributed by atoms with E-state index >= 15 is 0 Å². The number of benzene rings is 2. The monoisotopic (exact) mass is 447 g/mol. The molecule has 7 heteroatoms. The molecule has 1 aliphatic carbocycles.